The van der Waals surface area contributed by atoms with Crippen molar-refractivity contribution >= 4 is 23.3 Å². The fourth-order valence-electron chi connectivity index (χ4n) is 2.75. The van der Waals surface area contributed by atoms with E-state index in [2.05, 4.69) is 21.8 Å². The van der Waals surface area contributed by atoms with Crippen molar-refractivity contribution in [3.8, 4) is 6.07 Å². The van der Waals surface area contributed by atoms with Gasteiger partial charge in [0.2, 0.25) is 5.91 Å². The minimum atomic E-state index is -0.659. The van der Waals surface area contributed by atoms with Gasteiger partial charge in [0.15, 0.2) is 0 Å². The van der Waals surface area contributed by atoms with E-state index in [1.165, 1.54) is 0 Å². The van der Waals surface area contributed by atoms with Crippen molar-refractivity contribution in [2.45, 2.75) is 39.7 Å². The normalized spacial score (nSPS) is 10.2. The monoisotopic (exact) mass is 354 g/mol. The summed E-state index contributed by atoms with van der Waals surface area (Å²) < 4.78 is 1.81. The molecule has 26 heavy (non-hydrogen) atoms. The van der Waals surface area contributed by atoms with Gasteiger partial charge in [-0.15, -0.1) is 0 Å². The third-order valence-electron chi connectivity index (χ3n) is 3.98. The topological polar surface area (TPSA) is 126 Å². The quantitative estimate of drug-likeness (QED) is 0.706. The van der Waals surface area contributed by atoms with Crippen LogP contribution in [0.25, 0.3) is 0 Å². The van der Waals surface area contributed by atoms with Gasteiger partial charge in [0, 0.05) is 23.5 Å². The van der Waals surface area contributed by atoms with Gasteiger partial charge in [0.05, 0.1) is 24.7 Å². The lowest BCUT2D eigenvalue weighted by Gasteiger charge is -2.08. The Kier molecular flexibility index (Phi) is 6.33. The van der Waals surface area contributed by atoms with Crippen molar-refractivity contribution in [1.29, 1.82) is 5.26 Å². The standard InChI is InChI=1S/C18H22N6O2/c1-12-16(13(2)24(23-12)10-4-9-19)7-8-17(25)21-14-5-3-6-15(11-14)22-18(20)26/h3,5-6,11H,4,7-8,10H2,1-2H3,(H,21,25)(H3,20,22,26). The molecule has 0 spiro atoms. The van der Waals surface area contributed by atoms with Crippen LogP contribution in [0, 0.1) is 25.2 Å². The van der Waals surface area contributed by atoms with Crippen molar-refractivity contribution in [1.82, 2.24) is 9.78 Å². The van der Waals surface area contributed by atoms with Crippen LogP contribution in [-0.4, -0.2) is 21.7 Å². The van der Waals surface area contributed by atoms with Crippen LogP contribution in [0.3, 0.4) is 0 Å². The summed E-state index contributed by atoms with van der Waals surface area (Å²) in [6.07, 6.45) is 1.27. The largest absolute Gasteiger partial charge is 0.351 e. The lowest BCUT2D eigenvalue weighted by Crippen LogP contribution is -2.19. The van der Waals surface area contributed by atoms with Crippen LogP contribution in [-0.2, 0) is 17.8 Å². The number of nitriles is 1. The van der Waals surface area contributed by atoms with Crippen LogP contribution in [0.2, 0.25) is 0 Å². The molecule has 0 fully saturated rings. The molecule has 136 valence electrons. The van der Waals surface area contributed by atoms with Gasteiger partial charge >= 0.3 is 6.03 Å². The SMILES string of the molecule is Cc1nn(CCC#N)c(C)c1CCC(=O)Nc1cccc(NC(N)=O)c1. The van der Waals surface area contributed by atoms with Crippen LogP contribution >= 0.6 is 0 Å². The number of hydrogen-bond donors (Lipinski definition) is 3. The summed E-state index contributed by atoms with van der Waals surface area (Å²) in [5, 5.41) is 18.4. The average molecular weight is 354 g/mol. The van der Waals surface area contributed by atoms with Crippen LogP contribution < -0.4 is 16.4 Å². The van der Waals surface area contributed by atoms with Gasteiger partial charge in [-0.25, -0.2) is 4.79 Å². The second-order valence-corrected chi connectivity index (χ2v) is 5.90. The Morgan fingerprint density at radius 3 is 2.62 bits per heavy atom. The molecule has 3 amide bonds. The molecule has 0 aliphatic heterocycles. The maximum atomic E-state index is 12.2. The van der Waals surface area contributed by atoms with Crippen molar-refractivity contribution in [3.05, 3.63) is 41.2 Å². The first kappa shape index (κ1) is 19.0. The lowest BCUT2D eigenvalue weighted by atomic mass is 10.1. The van der Waals surface area contributed by atoms with E-state index in [-0.39, 0.29) is 5.91 Å². The first-order valence-electron chi connectivity index (χ1n) is 8.27. The zero-order chi connectivity index (χ0) is 19.1. The molecule has 1 aromatic carbocycles. The smallest absolute Gasteiger partial charge is 0.316 e. The zero-order valence-corrected chi connectivity index (χ0v) is 14.9. The molecule has 0 aliphatic carbocycles. The summed E-state index contributed by atoms with van der Waals surface area (Å²) >= 11 is 0. The molecule has 0 unspecified atom stereocenters. The summed E-state index contributed by atoms with van der Waals surface area (Å²) in [5.74, 6) is -0.134. The number of rotatable bonds is 7. The number of primary amides is 1. The second kappa shape index (κ2) is 8.67. The molecule has 8 heteroatoms. The molecule has 0 saturated carbocycles. The Bertz CT molecular complexity index is 850. The third kappa shape index (κ3) is 5.08. The van der Waals surface area contributed by atoms with E-state index in [9.17, 15) is 9.59 Å². The van der Waals surface area contributed by atoms with Crippen molar-refractivity contribution in [2.24, 2.45) is 5.73 Å². The van der Waals surface area contributed by atoms with Crippen LogP contribution in [0.1, 0.15) is 29.8 Å². The molecule has 0 radical (unpaired) electrons. The Hall–Kier alpha value is -3.34. The van der Waals surface area contributed by atoms with E-state index in [1.54, 1.807) is 24.3 Å². The number of nitrogens with zero attached hydrogens (tertiary/aromatic N) is 3. The second-order valence-electron chi connectivity index (χ2n) is 5.90. The summed E-state index contributed by atoms with van der Waals surface area (Å²) in [4.78, 5) is 23.1. The number of carbonyl (C=O) groups excluding carboxylic acids is 2. The number of aryl methyl sites for hydroxylation is 2. The molecule has 4 N–H and O–H groups in total. The first-order valence-corrected chi connectivity index (χ1v) is 8.27. The van der Waals surface area contributed by atoms with Crippen LogP contribution in [0.4, 0.5) is 16.2 Å². The number of urea groups is 1. The predicted molar refractivity (Wildman–Crippen MR) is 98.5 cm³/mol. The molecule has 0 saturated heterocycles. The van der Waals surface area contributed by atoms with Crippen molar-refractivity contribution < 1.29 is 9.59 Å². The van der Waals surface area contributed by atoms with E-state index < -0.39 is 6.03 Å². The van der Waals surface area contributed by atoms with Gasteiger partial charge in [-0.05, 0) is 44.0 Å². The lowest BCUT2D eigenvalue weighted by molar-refractivity contribution is -0.116. The van der Waals surface area contributed by atoms with Crippen LogP contribution in [0.15, 0.2) is 24.3 Å². The minimum absolute atomic E-state index is 0.134. The first-order chi connectivity index (χ1) is 12.4. The average Bonchev–Trinajstić information content (AvgIpc) is 2.84. The summed E-state index contributed by atoms with van der Waals surface area (Å²) in [6, 6.07) is 8.22. The van der Waals surface area contributed by atoms with Gasteiger partial charge in [-0.3, -0.25) is 9.48 Å². The third-order valence-corrected chi connectivity index (χ3v) is 3.98. The molecule has 0 aliphatic rings. The minimum Gasteiger partial charge on any atom is -0.351 e. The van der Waals surface area contributed by atoms with Gasteiger partial charge in [-0.2, -0.15) is 10.4 Å². The molecule has 1 heterocycles. The maximum absolute atomic E-state index is 12.2. The van der Waals surface area contributed by atoms with Crippen LogP contribution in [0.5, 0.6) is 0 Å². The molecule has 0 bridgehead atoms. The Balaban J connectivity index is 1.96. The molecule has 1 aromatic heterocycles. The van der Waals surface area contributed by atoms with Gasteiger partial charge in [0.1, 0.15) is 0 Å². The van der Waals surface area contributed by atoms with Gasteiger partial charge < -0.3 is 16.4 Å². The molecule has 2 aromatic rings. The Labute approximate surface area is 152 Å². The highest BCUT2D eigenvalue weighted by molar-refractivity contribution is 5.93. The molecule has 8 nitrogen and oxygen atoms in total. The molecular formula is C18H22N6O2. The fraction of sp³-hybridized carbons (Fsp3) is 0.333. The Morgan fingerprint density at radius 2 is 1.96 bits per heavy atom. The molecular weight excluding hydrogens is 332 g/mol. The van der Waals surface area contributed by atoms with E-state index in [0.717, 1.165) is 17.0 Å². The Morgan fingerprint density at radius 1 is 1.27 bits per heavy atom. The molecule has 2 rings (SSSR count). The zero-order valence-electron chi connectivity index (χ0n) is 14.9. The fourth-order valence-corrected chi connectivity index (χ4v) is 2.75. The number of carbonyl (C=O) groups is 2. The van der Waals surface area contributed by atoms with Gasteiger partial charge in [-0.1, -0.05) is 6.07 Å². The van der Waals surface area contributed by atoms with Crippen molar-refractivity contribution in [3.63, 3.8) is 0 Å². The number of amides is 3. The van der Waals surface area contributed by atoms with E-state index in [0.29, 0.717) is 37.2 Å². The number of benzene rings is 1. The van der Waals surface area contributed by atoms with E-state index in [1.807, 2.05) is 18.5 Å². The molecule has 0 atom stereocenters. The van der Waals surface area contributed by atoms with Crippen molar-refractivity contribution in [2.75, 3.05) is 10.6 Å². The summed E-state index contributed by atoms with van der Waals surface area (Å²) in [5.41, 5.74) is 9.07. The summed E-state index contributed by atoms with van der Waals surface area (Å²) in [6.45, 7) is 4.40. The maximum Gasteiger partial charge on any atom is 0.316 e. The highest BCUT2D eigenvalue weighted by Crippen LogP contribution is 2.18. The predicted octanol–water partition coefficient (Wildman–Crippen LogP) is 2.48. The van der Waals surface area contributed by atoms with E-state index >= 15 is 0 Å². The number of nitrogens with two attached hydrogens (primary N) is 1. The highest BCUT2D eigenvalue weighted by atomic mass is 16.2. The number of nitrogens with one attached hydrogen (secondary N) is 2. The number of aromatic nitrogens is 2. The highest BCUT2D eigenvalue weighted by Gasteiger charge is 2.13. The number of anilines is 2. The van der Waals surface area contributed by atoms with E-state index in [4.69, 9.17) is 11.0 Å². The summed E-state index contributed by atoms with van der Waals surface area (Å²) in [7, 11) is 0. The number of hydrogen-bond acceptors (Lipinski definition) is 4. The van der Waals surface area contributed by atoms with Gasteiger partial charge in [0.25, 0.3) is 0 Å².